The van der Waals surface area contributed by atoms with Gasteiger partial charge in [0.1, 0.15) is 0 Å². The Morgan fingerprint density at radius 1 is 1.25 bits per heavy atom. The number of hydrogen-bond acceptors (Lipinski definition) is 1. The fraction of sp³-hybridized carbons (Fsp3) is 1.00. The van der Waals surface area contributed by atoms with Crippen molar-refractivity contribution in [3.63, 3.8) is 0 Å². The van der Waals surface area contributed by atoms with Gasteiger partial charge in [0.15, 0.2) is 0 Å². The predicted octanol–water partition coefficient (Wildman–Crippen LogP) is 2.82. The third-order valence-corrected chi connectivity index (χ3v) is 3.78. The van der Waals surface area contributed by atoms with E-state index in [1.807, 2.05) is 0 Å². The first kappa shape index (κ1) is 8.83. The van der Waals surface area contributed by atoms with Crippen LogP contribution in [0.25, 0.3) is 0 Å². The summed E-state index contributed by atoms with van der Waals surface area (Å²) in [7, 11) is 0. The van der Waals surface area contributed by atoms with Crippen molar-refractivity contribution >= 4 is 11.6 Å². The maximum absolute atomic E-state index is 5.82. The molecule has 0 bridgehead atoms. The smallest absolute Gasteiger partial charge is 0.0547 e. The highest BCUT2D eigenvalue weighted by molar-refractivity contribution is 6.17. The fourth-order valence-corrected chi connectivity index (χ4v) is 3.05. The molecule has 12 heavy (non-hydrogen) atoms. The van der Waals surface area contributed by atoms with Crippen LogP contribution in [-0.4, -0.2) is 19.1 Å². The van der Waals surface area contributed by atoms with Crippen LogP contribution in [0.3, 0.4) is 0 Å². The molecule has 0 unspecified atom stereocenters. The summed E-state index contributed by atoms with van der Waals surface area (Å²) in [5, 5.41) is 0. The molecule has 1 heterocycles. The number of ether oxygens (including phenoxy) is 1. The van der Waals surface area contributed by atoms with Gasteiger partial charge in [-0.05, 0) is 25.2 Å². The molecule has 2 aliphatic rings. The van der Waals surface area contributed by atoms with Gasteiger partial charge in [0.05, 0.1) is 13.2 Å². The van der Waals surface area contributed by atoms with E-state index in [1.165, 1.54) is 32.1 Å². The second-order valence-corrected chi connectivity index (χ2v) is 4.65. The van der Waals surface area contributed by atoms with Crippen molar-refractivity contribution in [2.24, 2.45) is 11.3 Å². The van der Waals surface area contributed by atoms with Crippen molar-refractivity contribution in [2.75, 3.05) is 19.1 Å². The molecule has 70 valence electrons. The third kappa shape index (κ3) is 1.38. The highest BCUT2D eigenvalue weighted by Crippen LogP contribution is 2.47. The van der Waals surface area contributed by atoms with Gasteiger partial charge < -0.3 is 4.74 Å². The molecular weight excluding hydrogens is 172 g/mol. The van der Waals surface area contributed by atoms with E-state index < -0.39 is 0 Å². The summed E-state index contributed by atoms with van der Waals surface area (Å²) in [5.74, 6) is 1.73. The lowest BCUT2D eigenvalue weighted by molar-refractivity contribution is -0.146. The average Bonchev–Trinajstić information content (AvgIpc) is 2.48. The zero-order valence-electron chi connectivity index (χ0n) is 7.52. The molecular formula is C10H17ClO. The second kappa shape index (κ2) is 3.55. The molecule has 2 rings (SSSR count). The van der Waals surface area contributed by atoms with E-state index in [4.69, 9.17) is 16.3 Å². The molecule has 1 aliphatic heterocycles. The van der Waals surface area contributed by atoms with Gasteiger partial charge in [-0.2, -0.15) is 0 Å². The summed E-state index contributed by atoms with van der Waals surface area (Å²) >= 11 is 5.82. The monoisotopic (exact) mass is 188 g/mol. The van der Waals surface area contributed by atoms with Crippen molar-refractivity contribution in [3.05, 3.63) is 0 Å². The van der Waals surface area contributed by atoms with Crippen molar-refractivity contribution < 1.29 is 4.74 Å². The average molecular weight is 189 g/mol. The Kier molecular flexibility index (Phi) is 2.61. The Bertz CT molecular complexity index is 148. The van der Waals surface area contributed by atoms with Crippen LogP contribution in [-0.2, 0) is 4.74 Å². The van der Waals surface area contributed by atoms with E-state index in [1.54, 1.807) is 0 Å². The van der Waals surface area contributed by atoms with Crippen LogP contribution in [0, 0.1) is 11.3 Å². The molecule has 0 aromatic heterocycles. The summed E-state index contributed by atoms with van der Waals surface area (Å²) in [5.41, 5.74) is 0.498. The lowest BCUT2D eigenvalue weighted by Gasteiger charge is -2.46. The van der Waals surface area contributed by atoms with Gasteiger partial charge in [0, 0.05) is 11.3 Å². The molecule has 0 N–H and O–H groups in total. The SMILES string of the molecule is ClCCC1(C2CCCC2)COC1. The zero-order chi connectivity index (χ0) is 8.44. The van der Waals surface area contributed by atoms with E-state index in [2.05, 4.69) is 0 Å². The van der Waals surface area contributed by atoms with Crippen molar-refractivity contribution in [1.82, 2.24) is 0 Å². The van der Waals surface area contributed by atoms with Crippen LogP contribution in [0.5, 0.6) is 0 Å². The van der Waals surface area contributed by atoms with Crippen molar-refractivity contribution in [2.45, 2.75) is 32.1 Å². The first-order valence-electron chi connectivity index (χ1n) is 5.01. The minimum atomic E-state index is 0.498. The van der Waals surface area contributed by atoms with Crippen LogP contribution in [0.2, 0.25) is 0 Å². The Hall–Kier alpha value is 0.250. The maximum atomic E-state index is 5.82. The highest BCUT2D eigenvalue weighted by atomic mass is 35.5. The summed E-state index contributed by atoms with van der Waals surface area (Å²) in [6, 6.07) is 0. The molecule has 2 fully saturated rings. The Balaban J connectivity index is 1.95. The fourth-order valence-electron chi connectivity index (χ4n) is 2.67. The van der Waals surface area contributed by atoms with Crippen LogP contribution in [0.4, 0.5) is 0 Å². The van der Waals surface area contributed by atoms with Crippen LogP contribution < -0.4 is 0 Å². The summed E-state index contributed by atoms with van der Waals surface area (Å²) in [4.78, 5) is 0. The third-order valence-electron chi connectivity index (χ3n) is 3.59. The Labute approximate surface area is 79.4 Å². The molecule has 0 atom stereocenters. The van der Waals surface area contributed by atoms with Gasteiger partial charge in [-0.3, -0.25) is 0 Å². The minimum Gasteiger partial charge on any atom is -0.380 e. The summed E-state index contributed by atoms with van der Waals surface area (Å²) < 4.78 is 5.34. The molecule has 0 aromatic rings. The van der Waals surface area contributed by atoms with Gasteiger partial charge in [-0.15, -0.1) is 11.6 Å². The number of halogens is 1. The number of rotatable bonds is 3. The summed E-state index contributed by atoms with van der Waals surface area (Å²) in [6.45, 7) is 1.95. The molecule has 2 heteroatoms. The van der Waals surface area contributed by atoms with Gasteiger partial charge in [-0.25, -0.2) is 0 Å². The van der Waals surface area contributed by atoms with Crippen LogP contribution >= 0.6 is 11.6 Å². The maximum Gasteiger partial charge on any atom is 0.0547 e. The van der Waals surface area contributed by atoms with Crippen LogP contribution in [0.15, 0.2) is 0 Å². The molecule has 1 saturated heterocycles. The molecule has 1 aliphatic carbocycles. The highest BCUT2D eigenvalue weighted by Gasteiger charge is 2.45. The molecule has 0 aromatic carbocycles. The van der Waals surface area contributed by atoms with E-state index in [9.17, 15) is 0 Å². The van der Waals surface area contributed by atoms with Gasteiger partial charge >= 0.3 is 0 Å². The van der Waals surface area contributed by atoms with Gasteiger partial charge in [-0.1, -0.05) is 12.8 Å². The molecule has 1 nitrogen and oxygen atoms in total. The molecule has 0 radical (unpaired) electrons. The largest absolute Gasteiger partial charge is 0.380 e. The van der Waals surface area contributed by atoms with E-state index >= 15 is 0 Å². The van der Waals surface area contributed by atoms with Crippen LogP contribution in [0.1, 0.15) is 32.1 Å². The van der Waals surface area contributed by atoms with E-state index in [-0.39, 0.29) is 0 Å². The van der Waals surface area contributed by atoms with Gasteiger partial charge in [0.25, 0.3) is 0 Å². The van der Waals surface area contributed by atoms with E-state index in [0.29, 0.717) is 5.41 Å². The second-order valence-electron chi connectivity index (χ2n) is 4.28. The van der Waals surface area contributed by atoms with Crippen molar-refractivity contribution in [1.29, 1.82) is 0 Å². The lowest BCUT2D eigenvalue weighted by atomic mass is 9.71. The Morgan fingerprint density at radius 3 is 2.33 bits per heavy atom. The first-order chi connectivity index (χ1) is 5.87. The number of alkyl halides is 1. The Morgan fingerprint density at radius 2 is 1.92 bits per heavy atom. The minimum absolute atomic E-state index is 0.498. The van der Waals surface area contributed by atoms with Gasteiger partial charge in [0.2, 0.25) is 0 Å². The topological polar surface area (TPSA) is 9.23 Å². The normalized spacial score (nSPS) is 28.8. The quantitative estimate of drug-likeness (QED) is 0.619. The number of hydrogen-bond donors (Lipinski definition) is 0. The van der Waals surface area contributed by atoms with Crippen molar-refractivity contribution in [3.8, 4) is 0 Å². The summed E-state index contributed by atoms with van der Waals surface area (Å²) in [6.07, 6.45) is 6.85. The first-order valence-corrected chi connectivity index (χ1v) is 5.54. The molecule has 1 saturated carbocycles. The zero-order valence-corrected chi connectivity index (χ0v) is 8.28. The van der Waals surface area contributed by atoms with E-state index in [0.717, 1.165) is 25.0 Å². The predicted molar refractivity (Wildman–Crippen MR) is 50.5 cm³/mol. The standard InChI is InChI=1S/C10H17ClO/c11-6-5-10(7-12-8-10)9-3-1-2-4-9/h9H,1-8H2. The molecule has 0 amide bonds. The lowest BCUT2D eigenvalue weighted by Crippen LogP contribution is -2.48. The molecule has 0 spiro atoms.